The minimum absolute atomic E-state index is 0.671. The van der Waals surface area contributed by atoms with E-state index in [0.717, 1.165) is 17.1 Å². The van der Waals surface area contributed by atoms with Crippen molar-refractivity contribution in [3.8, 4) is 0 Å². The molecule has 0 aromatic carbocycles. The lowest BCUT2D eigenvalue weighted by atomic mass is 10.2. The van der Waals surface area contributed by atoms with Crippen LogP contribution in [0.5, 0.6) is 0 Å². The molecule has 0 aliphatic carbocycles. The van der Waals surface area contributed by atoms with E-state index < -0.39 is 0 Å². The van der Waals surface area contributed by atoms with Crippen LogP contribution in [-0.4, -0.2) is 14.8 Å². The van der Waals surface area contributed by atoms with Gasteiger partial charge in [-0.2, -0.15) is 5.10 Å². The fraction of sp³-hybridized carbons (Fsp3) is 0.200. The van der Waals surface area contributed by atoms with E-state index in [2.05, 4.69) is 15.4 Å². The third kappa shape index (κ3) is 2.07. The summed E-state index contributed by atoms with van der Waals surface area (Å²) in [6.07, 6.45) is 5.26. The second kappa shape index (κ2) is 3.61. The fourth-order valence-corrected chi connectivity index (χ4v) is 1.35. The molecule has 0 atom stereocenters. The zero-order chi connectivity index (χ0) is 10.8. The highest BCUT2D eigenvalue weighted by molar-refractivity contribution is 5.59. The Balaban J connectivity index is 2.24. The summed E-state index contributed by atoms with van der Waals surface area (Å²) in [6, 6.07) is 1.88. The molecular formula is C10H13N5. The van der Waals surface area contributed by atoms with Crippen LogP contribution in [0, 0.1) is 6.92 Å². The predicted octanol–water partition coefficient (Wildman–Crippen LogP) is 1.45. The van der Waals surface area contributed by atoms with Crippen molar-refractivity contribution in [1.82, 2.24) is 14.8 Å². The number of nitrogens with two attached hydrogens (primary N) is 1. The van der Waals surface area contributed by atoms with Crippen molar-refractivity contribution in [2.45, 2.75) is 6.92 Å². The van der Waals surface area contributed by atoms with Gasteiger partial charge < -0.3 is 11.1 Å². The SMILES string of the molecule is Cc1cc(N)cnc1Nc1cnn(C)c1. The van der Waals surface area contributed by atoms with E-state index in [4.69, 9.17) is 5.73 Å². The Kier molecular flexibility index (Phi) is 2.29. The Bertz CT molecular complexity index is 474. The minimum atomic E-state index is 0.671. The lowest BCUT2D eigenvalue weighted by molar-refractivity contribution is 0.768. The molecule has 0 unspecified atom stereocenters. The van der Waals surface area contributed by atoms with Crippen molar-refractivity contribution in [2.24, 2.45) is 7.05 Å². The molecule has 0 fully saturated rings. The third-order valence-corrected chi connectivity index (χ3v) is 2.07. The number of anilines is 3. The first kappa shape index (κ1) is 9.51. The van der Waals surface area contributed by atoms with Gasteiger partial charge in [-0.05, 0) is 18.6 Å². The third-order valence-electron chi connectivity index (χ3n) is 2.07. The van der Waals surface area contributed by atoms with Gasteiger partial charge in [0.05, 0.1) is 23.8 Å². The largest absolute Gasteiger partial charge is 0.397 e. The molecule has 2 aromatic heterocycles. The second-order valence-electron chi connectivity index (χ2n) is 3.46. The number of pyridine rings is 1. The highest BCUT2D eigenvalue weighted by atomic mass is 15.3. The first-order valence-electron chi connectivity index (χ1n) is 4.63. The molecule has 78 valence electrons. The highest BCUT2D eigenvalue weighted by Crippen LogP contribution is 2.18. The molecule has 2 aromatic rings. The van der Waals surface area contributed by atoms with Gasteiger partial charge in [0.15, 0.2) is 0 Å². The Hall–Kier alpha value is -2.04. The molecule has 0 saturated carbocycles. The summed E-state index contributed by atoms with van der Waals surface area (Å²) in [5.74, 6) is 0.803. The number of hydrogen-bond acceptors (Lipinski definition) is 4. The molecule has 3 N–H and O–H groups in total. The molecule has 0 radical (unpaired) electrons. The van der Waals surface area contributed by atoms with Crippen molar-refractivity contribution < 1.29 is 0 Å². The van der Waals surface area contributed by atoms with Crippen LogP contribution in [0.4, 0.5) is 17.2 Å². The Morgan fingerprint density at radius 2 is 2.20 bits per heavy atom. The first-order chi connectivity index (χ1) is 7.15. The van der Waals surface area contributed by atoms with Crippen molar-refractivity contribution in [2.75, 3.05) is 11.1 Å². The maximum absolute atomic E-state index is 5.62. The van der Waals surface area contributed by atoms with Gasteiger partial charge in [0.25, 0.3) is 0 Å². The van der Waals surface area contributed by atoms with Crippen molar-refractivity contribution >= 4 is 17.2 Å². The van der Waals surface area contributed by atoms with E-state index in [1.165, 1.54) is 0 Å². The van der Waals surface area contributed by atoms with Crippen molar-refractivity contribution in [3.05, 3.63) is 30.2 Å². The van der Waals surface area contributed by atoms with E-state index in [0.29, 0.717) is 5.69 Å². The monoisotopic (exact) mass is 203 g/mol. The van der Waals surface area contributed by atoms with Crippen LogP contribution in [0.3, 0.4) is 0 Å². The average molecular weight is 203 g/mol. The normalized spacial score (nSPS) is 10.3. The summed E-state index contributed by atoms with van der Waals surface area (Å²) in [7, 11) is 1.87. The van der Waals surface area contributed by atoms with Gasteiger partial charge in [0.1, 0.15) is 5.82 Å². The summed E-state index contributed by atoms with van der Waals surface area (Å²) in [6.45, 7) is 1.96. The second-order valence-corrected chi connectivity index (χ2v) is 3.46. The Morgan fingerprint density at radius 1 is 1.40 bits per heavy atom. The maximum atomic E-state index is 5.62. The van der Waals surface area contributed by atoms with Crippen LogP contribution >= 0.6 is 0 Å². The molecule has 2 heterocycles. The summed E-state index contributed by atoms with van der Waals surface area (Å²) in [4.78, 5) is 4.21. The minimum Gasteiger partial charge on any atom is -0.397 e. The van der Waals surface area contributed by atoms with Gasteiger partial charge in [-0.15, -0.1) is 0 Å². The number of aryl methyl sites for hydroxylation is 2. The smallest absolute Gasteiger partial charge is 0.133 e. The molecule has 15 heavy (non-hydrogen) atoms. The molecule has 0 bridgehead atoms. The number of rotatable bonds is 2. The quantitative estimate of drug-likeness (QED) is 0.775. The summed E-state index contributed by atoms with van der Waals surface area (Å²) in [5.41, 5.74) is 8.22. The summed E-state index contributed by atoms with van der Waals surface area (Å²) in [5, 5.41) is 7.23. The van der Waals surface area contributed by atoms with Gasteiger partial charge in [-0.3, -0.25) is 4.68 Å². The van der Waals surface area contributed by atoms with Crippen LogP contribution in [0.25, 0.3) is 0 Å². The first-order valence-corrected chi connectivity index (χ1v) is 4.63. The van der Waals surface area contributed by atoms with Crippen LogP contribution < -0.4 is 11.1 Å². The van der Waals surface area contributed by atoms with E-state index in [1.807, 2.05) is 26.2 Å². The van der Waals surface area contributed by atoms with E-state index in [9.17, 15) is 0 Å². The van der Waals surface area contributed by atoms with Crippen molar-refractivity contribution in [3.63, 3.8) is 0 Å². The molecule has 0 amide bonds. The maximum Gasteiger partial charge on any atom is 0.133 e. The van der Waals surface area contributed by atoms with Gasteiger partial charge in [0.2, 0.25) is 0 Å². The lowest BCUT2D eigenvalue weighted by Crippen LogP contribution is -1.97. The Morgan fingerprint density at radius 3 is 2.80 bits per heavy atom. The topological polar surface area (TPSA) is 68.8 Å². The van der Waals surface area contributed by atoms with Gasteiger partial charge in [0, 0.05) is 13.2 Å². The number of hydrogen-bond donors (Lipinski definition) is 2. The van der Waals surface area contributed by atoms with Crippen LogP contribution in [0.15, 0.2) is 24.7 Å². The molecule has 5 heteroatoms. The average Bonchev–Trinajstić information content (AvgIpc) is 2.56. The number of nitrogen functional groups attached to an aromatic ring is 1. The number of aromatic nitrogens is 3. The van der Waals surface area contributed by atoms with Gasteiger partial charge >= 0.3 is 0 Å². The van der Waals surface area contributed by atoms with Gasteiger partial charge in [-0.1, -0.05) is 0 Å². The van der Waals surface area contributed by atoms with Crippen molar-refractivity contribution in [1.29, 1.82) is 0 Å². The molecule has 0 aliphatic rings. The molecule has 0 aliphatic heterocycles. The summed E-state index contributed by atoms with van der Waals surface area (Å²) >= 11 is 0. The standard InChI is InChI=1S/C10H13N5/c1-7-3-8(11)4-12-10(7)14-9-5-13-15(2)6-9/h3-6H,11H2,1-2H3,(H,12,14). The highest BCUT2D eigenvalue weighted by Gasteiger charge is 2.02. The molecule has 0 spiro atoms. The van der Waals surface area contributed by atoms with Crippen LogP contribution in [0.2, 0.25) is 0 Å². The molecule has 0 saturated heterocycles. The van der Waals surface area contributed by atoms with E-state index >= 15 is 0 Å². The van der Waals surface area contributed by atoms with E-state index in [-0.39, 0.29) is 0 Å². The predicted molar refractivity (Wildman–Crippen MR) is 59.9 cm³/mol. The Labute approximate surface area is 87.9 Å². The van der Waals surface area contributed by atoms with Gasteiger partial charge in [-0.25, -0.2) is 4.98 Å². The molecule has 5 nitrogen and oxygen atoms in total. The zero-order valence-electron chi connectivity index (χ0n) is 8.73. The molecular weight excluding hydrogens is 190 g/mol. The number of nitrogens with one attached hydrogen (secondary N) is 1. The summed E-state index contributed by atoms with van der Waals surface area (Å²) < 4.78 is 1.73. The zero-order valence-corrected chi connectivity index (χ0v) is 8.73. The van der Waals surface area contributed by atoms with Crippen LogP contribution in [-0.2, 0) is 7.05 Å². The van der Waals surface area contributed by atoms with Crippen LogP contribution in [0.1, 0.15) is 5.56 Å². The number of nitrogens with zero attached hydrogens (tertiary/aromatic N) is 3. The fourth-order valence-electron chi connectivity index (χ4n) is 1.35. The van der Waals surface area contributed by atoms with E-state index in [1.54, 1.807) is 17.1 Å². The molecule has 2 rings (SSSR count). The lowest BCUT2D eigenvalue weighted by Gasteiger charge is -2.06.